The number of carboxylic acids is 3. The van der Waals surface area contributed by atoms with Gasteiger partial charge in [0, 0.05) is 19.3 Å². The lowest BCUT2D eigenvalue weighted by atomic mass is 9.74. The molecule has 15 nitrogen and oxygen atoms in total. The average molecular weight is 597 g/mol. The molecule has 1 aromatic carbocycles. The maximum Gasteiger partial charge on any atom is 0.508 e. The summed E-state index contributed by atoms with van der Waals surface area (Å²) in [5, 5.41) is 52.1. The predicted molar refractivity (Wildman–Crippen MR) is 136 cm³/mol. The van der Waals surface area contributed by atoms with Gasteiger partial charge in [-0.1, -0.05) is 43.8 Å². The van der Waals surface area contributed by atoms with Gasteiger partial charge in [0.2, 0.25) is 17.5 Å². The lowest BCUT2D eigenvalue weighted by Crippen LogP contribution is -2.78. The molecular weight excluding hydrogens is 564 g/mol. The van der Waals surface area contributed by atoms with E-state index < -0.39 is 77.9 Å². The SMILES string of the molecule is C=C(CC[C@]12O[C@H](C(=O)O)[C@@](O)(C(=O)O)[C@](C(=O)O)(O1)[C@H](OC(=O)OC)[C@H]2O)[C@@H](OC(C)=O)[C@H](C)Cc1ccccc1. The van der Waals surface area contributed by atoms with Gasteiger partial charge < -0.3 is 49.2 Å². The number of aliphatic hydroxyl groups excluding tert-OH is 1. The number of esters is 1. The highest BCUT2D eigenvalue weighted by Crippen LogP contribution is 2.55. The summed E-state index contributed by atoms with van der Waals surface area (Å²) in [5.74, 6) is -10.4. The number of aliphatic hydroxyl groups is 2. The van der Waals surface area contributed by atoms with Crippen LogP contribution >= 0.6 is 0 Å². The average Bonchev–Trinajstić information content (AvgIpc) is 3.14. The summed E-state index contributed by atoms with van der Waals surface area (Å²) in [6.45, 7) is 6.92. The van der Waals surface area contributed by atoms with E-state index >= 15 is 0 Å². The van der Waals surface area contributed by atoms with Crippen molar-refractivity contribution in [3.8, 4) is 0 Å². The number of carboxylic acid groups (broad SMARTS) is 3. The smallest absolute Gasteiger partial charge is 0.479 e. The number of hydrogen-bond acceptors (Lipinski definition) is 12. The number of rotatable bonds is 12. The normalized spacial score (nSPS) is 31.3. The van der Waals surface area contributed by atoms with Gasteiger partial charge in [0.25, 0.3) is 5.60 Å². The van der Waals surface area contributed by atoms with Crippen LogP contribution in [0.1, 0.15) is 32.3 Å². The van der Waals surface area contributed by atoms with Gasteiger partial charge in [-0.15, -0.1) is 0 Å². The van der Waals surface area contributed by atoms with Crippen LogP contribution in [-0.4, -0.2) is 104 Å². The molecule has 1 aromatic rings. The van der Waals surface area contributed by atoms with Crippen LogP contribution in [0.25, 0.3) is 0 Å². The Hall–Kier alpha value is -4.05. The summed E-state index contributed by atoms with van der Waals surface area (Å²) in [6, 6.07) is 9.22. The van der Waals surface area contributed by atoms with Gasteiger partial charge in [-0.25, -0.2) is 19.2 Å². The van der Waals surface area contributed by atoms with Gasteiger partial charge in [0.1, 0.15) is 12.2 Å². The Balaban J connectivity index is 2.02. The lowest BCUT2D eigenvalue weighted by molar-refractivity contribution is -0.374. The minimum atomic E-state index is -3.91. The Bertz CT molecular complexity index is 1250. The fourth-order valence-electron chi connectivity index (χ4n) is 5.45. The van der Waals surface area contributed by atoms with Crippen molar-refractivity contribution in [2.24, 2.45) is 5.92 Å². The Morgan fingerprint density at radius 1 is 1.07 bits per heavy atom. The summed E-state index contributed by atoms with van der Waals surface area (Å²) < 4.78 is 25.5. The predicted octanol–water partition coefficient (Wildman–Crippen LogP) is 0.495. The first kappa shape index (κ1) is 32.5. The molecule has 2 saturated heterocycles. The largest absolute Gasteiger partial charge is 0.508 e. The number of benzene rings is 1. The second-order valence-corrected chi connectivity index (χ2v) is 10.2. The molecule has 0 aromatic heterocycles. The maximum absolute atomic E-state index is 12.6. The van der Waals surface area contributed by atoms with Crippen LogP contribution < -0.4 is 0 Å². The second kappa shape index (κ2) is 12.1. The van der Waals surface area contributed by atoms with Crippen LogP contribution in [0.4, 0.5) is 4.79 Å². The van der Waals surface area contributed by atoms with Crippen molar-refractivity contribution >= 4 is 30.0 Å². The molecule has 2 aliphatic heterocycles. The van der Waals surface area contributed by atoms with Gasteiger partial charge in [-0.05, 0) is 24.0 Å². The molecular formula is C27H32O15. The highest BCUT2D eigenvalue weighted by atomic mass is 16.8. The molecule has 15 heteroatoms. The number of ether oxygens (including phenoxy) is 5. The van der Waals surface area contributed by atoms with E-state index in [1.165, 1.54) is 6.92 Å². The number of carbonyl (C=O) groups is 5. The zero-order valence-corrected chi connectivity index (χ0v) is 22.9. The molecule has 2 bridgehead atoms. The van der Waals surface area contributed by atoms with Gasteiger partial charge in [0.05, 0.1) is 7.11 Å². The Morgan fingerprint density at radius 2 is 1.69 bits per heavy atom. The fourth-order valence-corrected chi connectivity index (χ4v) is 5.45. The molecule has 230 valence electrons. The molecule has 0 saturated carbocycles. The summed E-state index contributed by atoms with van der Waals surface area (Å²) in [5.41, 5.74) is -6.34. The molecule has 2 fully saturated rings. The van der Waals surface area contributed by atoms with E-state index in [4.69, 9.17) is 18.9 Å². The number of fused-ring (bicyclic) bond motifs is 2. The third kappa shape index (κ3) is 5.43. The molecule has 42 heavy (non-hydrogen) atoms. The van der Waals surface area contributed by atoms with Crippen molar-refractivity contribution in [1.82, 2.24) is 0 Å². The third-order valence-electron chi connectivity index (χ3n) is 7.40. The standard InChI is InChI=1S/C27H32O15/c1-13(17(39-15(3)28)14(2)12-16-8-6-5-7-9-16)10-11-25-18(29)19(40-24(36)38-4)27(42-25,23(34)35)26(37,22(32)33)20(41-25)21(30)31/h5-9,14,17-20,29,37H,1,10-12H2,2-4H3,(H,30,31)(H,32,33)(H,34,35)/t14-,17-,18-,19-,20-,25+,26-,27+/m1/s1. The van der Waals surface area contributed by atoms with Crippen molar-refractivity contribution in [1.29, 1.82) is 0 Å². The monoisotopic (exact) mass is 596 g/mol. The number of carbonyl (C=O) groups excluding carboxylic acids is 2. The van der Waals surface area contributed by atoms with Gasteiger partial charge in [-0.3, -0.25) is 4.79 Å². The summed E-state index contributed by atoms with van der Waals surface area (Å²) in [7, 11) is 0.829. The van der Waals surface area contributed by atoms with E-state index in [1.54, 1.807) is 6.92 Å². The van der Waals surface area contributed by atoms with Crippen LogP contribution in [0.5, 0.6) is 0 Å². The maximum atomic E-state index is 12.6. The first-order valence-electron chi connectivity index (χ1n) is 12.7. The first-order valence-corrected chi connectivity index (χ1v) is 12.7. The molecule has 0 spiro atoms. The quantitative estimate of drug-likeness (QED) is 0.163. The molecule has 0 amide bonds. The van der Waals surface area contributed by atoms with Crippen LogP contribution in [0.3, 0.4) is 0 Å². The van der Waals surface area contributed by atoms with Crippen LogP contribution in [0.15, 0.2) is 42.5 Å². The molecule has 2 heterocycles. The Morgan fingerprint density at radius 3 is 2.19 bits per heavy atom. The molecule has 8 atom stereocenters. The van der Waals surface area contributed by atoms with Crippen molar-refractivity contribution < 1.29 is 73.2 Å². The van der Waals surface area contributed by atoms with Gasteiger partial charge in [0.15, 0.2) is 6.10 Å². The zero-order chi connectivity index (χ0) is 31.6. The van der Waals surface area contributed by atoms with E-state index in [9.17, 15) is 49.5 Å². The third-order valence-corrected chi connectivity index (χ3v) is 7.40. The highest BCUT2D eigenvalue weighted by molar-refractivity contribution is 5.98. The van der Waals surface area contributed by atoms with Crippen molar-refractivity contribution in [2.75, 3.05) is 7.11 Å². The minimum Gasteiger partial charge on any atom is -0.479 e. The molecule has 5 N–H and O–H groups in total. The van der Waals surface area contributed by atoms with E-state index in [0.29, 0.717) is 6.42 Å². The molecule has 2 aliphatic rings. The second-order valence-electron chi connectivity index (χ2n) is 10.2. The number of aliphatic carboxylic acids is 3. The fraction of sp³-hybridized carbons (Fsp3) is 0.519. The number of methoxy groups -OCH3 is 1. The van der Waals surface area contributed by atoms with Crippen molar-refractivity contribution in [2.45, 2.75) is 74.5 Å². The van der Waals surface area contributed by atoms with E-state index in [1.807, 2.05) is 30.3 Å². The molecule has 3 rings (SSSR count). The van der Waals surface area contributed by atoms with E-state index in [-0.39, 0.29) is 17.9 Å². The van der Waals surface area contributed by atoms with Crippen LogP contribution in [0.2, 0.25) is 0 Å². The van der Waals surface area contributed by atoms with Crippen molar-refractivity contribution in [3.05, 3.63) is 48.0 Å². The summed E-state index contributed by atoms with van der Waals surface area (Å²) in [4.78, 5) is 60.9. The van der Waals surface area contributed by atoms with Gasteiger partial charge in [-0.2, -0.15) is 0 Å². The Kier molecular flexibility index (Phi) is 9.31. The van der Waals surface area contributed by atoms with E-state index in [2.05, 4.69) is 11.3 Å². The Labute approximate surface area is 239 Å². The molecule has 0 unspecified atom stereocenters. The topological polar surface area (TPSA) is 233 Å². The van der Waals surface area contributed by atoms with Crippen LogP contribution in [-0.2, 0) is 49.3 Å². The zero-order valence-electron chi connectivity index (χ0n) is 22.9. The lowest BCUT2D eigenvalue weighted by Gasteiger charge is -2.48. The number of hydrogen-bond donors (Lipinski definition) is 5. The van der Waals surface area contributed by atoms with Crippen molar-refractivity contribution in [3.63, 3.8) is 0 Å². The van der Waals surface area contributed by atoms with E-state index in [0.717, 1.165) is 12.7 Å². The summed E-state index contributed by atoms with van der Waals surface area (Å²) in [6.07, 6.45) is -10.6. The first-order chi connectivity index (χ1) is 19.6. The molecule has 0 aliphatic carbocycles. The summed E-state index contributed by atoms with van der Waals surface area (Å²) >= 11 is 0. The molecule has 0 radical (unpaired) electrons. The van der Waals surface area contributed by atoms with Crippen LogP contribution in [0, 0.1) is 5.92 Å². The van der Waals surface area contributed by atoms with Gasteiger partial charge >= 0.3 is 30.0 Å². The minimum absolute atomic E-state index is 0.228. The highest BCUT2D eigenvalue weighted by Gasteiger charge is 2.86.